The summed E-state index contributed by atoms with van der Waals surface area (Å²) in [4.78, 5) is 52.0. The van der Waals surface area contributed by atoms with Gasteiger partial charge in [0.15, 0.2) is 47.6 Å². The Morgan fingerprint density at radius 1 is 0.700 bits per heavy atom. The molecule has 2 amide bonds. The number of fused-ring (bicyclic) bond motifs is 2. The van der Waals surface area contributed by atoms with Crippen LogP contribution in [-0.2, 0) is 28.4 Å². The molecule has 0 saturated carbocycles. The lowest BCUT2D eigenvalue weighted by atomic mass is 9.98. The van der Waals surface area contributed by atoms with Gasteiger partial charge in [-0.1, -0.05) is 0 Å². The van der Waals surface area contributed by atoms with Gasteiger partial charge in [0.25, 0.3) is 0 Å². The van der Waals surface area contributed by atoms with E-state index in [0.29, 0.717) is 23.0 Å². The van der Waals surface area contributed by atoms with Crippen LogP contribution < -0.4 is 29.6 Å². The standard InChI is InChI=1S/C33H32N2O15/c1-3-42-29(37)17-4-6-18(7-5-17)30(38)48-26-25(14-36)47-31(41-2)28(50-33(40)35-20-9-11-22-24(13-20)46-16-44-22)27(26)49-32(39)34-19-8-10-21-23(12-19)45-15-43-21/h4-13,25-28,31,36H,3,14-16H2,1-2H3,(H,34,39)(H,35,40)/t25-,26-,27+,28-,31+/m1/s1. The van der Waals surface area contributed by atoms with Crippen LogP contribution in [0.15, 0.2) is 60.7 Å². The second-order valence-electron chi connectivity index (χ2n) is 10.8. The lowest BCUT2D eigenvalue weighted by Gasteiger charge is -2.43. The third kappa shape index (κ3) is 7.59. The molecule has 3 aromatic rings. The molecular weight excluding hydrogens is 664 g/mol. The molecule has 3 aliphatic rings. The number of carbonyl (C=O) groups excluding carboxylic acids is 4. The lowest BCUT2D eigenvalue weighted by Crippen LogP contribution is -2.63. The van der Waals surface area contributed by atoms with Crippen LogP contribution in [0.5, 0.6) is 23.0 Å². The molecule has 17 nitrogen and oxygen atoms in total. The van der Waals surface area contributed by atoms with E-state index >= 15 is 0 Å². The van der Waals surface area contributed by atoms with E-state index in [4.69, 9.17) is 47.4 Å². The minimum absolute atomic E-state index is 0.00480. The van der Waals surface area contributed by atoms with Crippen LogP contribution in [0, 0.1) is 0 Å². The molecular formula is C33H32N2O15. The number of rotatable bonds is 10. The number of ether oxygens (including phenoxy) is 10. The van der Waals surface area contributed by atoms with Crippen LogP contribution in [0.2, 0.25) is 0 Å². The predicted octanol–water partition coefficient (Wildman–Crippen LogP) is 3.44. The number of aliphatic hydroxyl groups excluding tert-OH is 1. The van der Waals surface area contributed by atoms with Gasteiger partial charge < -0.3 is 52.5 Å². The number of hydrogen-bond acceptors (Lipinski definition) is 15. The van der Waals surface area contributed by atoms with Gasteiger partial charge in [-0.05, 0) is 55.5 Å². The Bertz CT molecular complexity index is 1730. The van der Waals surface area contributed by atoms with E-state index in [1.807, 2.05) is 0 Å². The topological polar surface area (TPSA) is 205 Å². The summed E-state index contributed by atoms with van der Waals surface area (Å²) < 4.78 is 54.7. The van der Waals surface area contributed by atoms with Crippen molar-refractivity contribution in [2.24, 2.45) is 0 Å². The molecule has 0 spiro atoms. The van der Waals surface area contributed by atoms with Crippen LogP contribution in [0.4, 0.5) is 21.0 Å². The monoisotopic (exact) mass is 696 g/mol. The Morgan fingerprint density at radius 3 is 1.74 bits per heavy atom. The van der Waals surface area contributed by atoms with Gasteiger partial charge in [0.2, 0.25) is 13.6 Å². The Balaban J connectivity index is 1.25. The Labute approximate surface area is 284 Å². The summed E-state index contributed by atoms with van der Waals surface area (Å²) in [6, 6.07) is 14.7. The number of hydrogen-bond donors (Lipinski definition) is 3. The molecule has 0 aliphatic carbocycles. The van der Waals surface area contributed by atoms with Crippen molar-refractivity contribution in [3.05, 3.63) is 71.8 Å². The van der Waals surface area contributed by atoms with Crippen molar-refractivity contribution in [3.63, 3.8) is 0 Å². The van der Waals surface area contributed by atoms with Gasteiger partial charge in [-0.2, -0.15) is 0 Å². The van der Waals surface area contributed by atoms with Crippen LogP contribution in [0.3, 0.4) is 0 Å². The summed E-state index contributed by atoms with van der Waals surface area (Å²) in [6.45, 7) is 1.13. The maximum atomic E-state index is 13.4. The number of benzene rings is 3. The SMILES string of the molecule is CCOC(=O)c1ccc(C(=O)O[C@H]2[C@H](OC(=O)Nc3ccc4c(c3)OCO4)[C@@H](OC(=O)Nc3ccc4c(c3)OCO4)[C@@H](OC)O[C@@H]2CO)cc1. The average Bonchev–Trinajstić information content (AvgIpc) is 3.79. The zero-order chi connectivity index (χ0) is 35.2. The predicted molar refractivity (Wildman–Crippen MR) is 167 cm³/mol. The Hall–Kier alpha value is -5.78. The van der Waals surface area contributed by atoms with Crippen molar-refractivity contribution in [1.82, 2.24) is 0 Å². The summed E-state index contributed by atoms with van der Waals surface area (Å²) >= 11 is 0. The maximum Gasteiger partial charge on any atom is 0.412 e. The Kier molecular flexibility index (Phi) is 10.4. The van der Waals surface area contributed by atoms with Crippen LogP contribution >= 0.6 is 0 Å². The summed E-state index contributed by atoms with van der Waals surface area (Å²) in [6.07, 6.45) is -9.50. The third-order valence-corrected chi connectivity index (χ3v) is 7.60. The van der Waals surface area contributed by atoms with Crippen molar-refractivity contribution in [3.8, 4) is 23.0 Å². The van der Waals surface area contributed by atoms with E-state index in [1.165, 1.54) is 49.6 Å². The van der Waals surface area contributed by atoms with Gasteiger partial charge in [-0.3, -0.25) is 10.6 Å². The minimum Gasteiger partial charge on any atom is -0.462 e. The molecule has 3 N–H and O–H groups in total. The maximum absolute atomic E-state index is 13.4. The smallest absolute Gasteiger partial charge is 0.412 e. The van der Waals surface area contributed by atoms with E-state index in [1.54, 1.807) is 25.1 Å². The highest BCUT2D eigenvalue weighted by molar-refractivity contribution is 5.93. The fourth-order valence-electron chi connectivity index (χ4n) is 5.26. The van der Waals surface area contributed by atoms with Crippen LogP contribution in [0.1, 0.15) is 27.6 Å². The quantitative estimate of drug-likeness (QED) is 0.205. The highest BCUT2D eigenvalue weighted by Gasteiger charge is 2.53. The lowest BCUT2D eigenvalue weighted by molar-refractivity contribution is -0.290. The molecule has 0 radical (unpaired) electrons. The van der Waals surface area contributed by atoms with Crippen molar-refractivity contribution >= 4 is 35.5 Å². The molecule has 6 rings (SSSR count). The van der Waals surface area contributed by atoms with Crippen molar-refractivity contribution in [2.75, 3.05) is 44.5 Å². The van der Waals surface area contributed by atoms with Crippen molar-refractivity contribution in [1.29, 1.82) is 0 Å². The zero-order valence-electron chi connectivity index (χ0n) is 26.7. The van der Waals surface area contributed by atoms with Gasteiger partial charge in [0.1, 0.15) is 6.10 Å². The number of nitrogens with one attached hydrogen (secondary N) is 2. The zero-order valence-corrected chi connectivity index (χ0v) is 26.7. The highest BCUT2D eigenvalue weighted by Crippen LogP contribution is 2.36. The number of aliphatic hydroxyl groups is 1. The first-order chi connectivity index (χ1) is 24.3. The molecule has 50 heavy (non-hydrogen) atoms. The molecule has 3 aliphatic heterocycles. The highest BCUT2D eigenvalue weighted by atomic mass is 16.7. The first kappa shape index (κ1) is 34.1. The molecule has 5 atom stereocenters. The van der Waals surface area contributed by atoms with E-state index in [0.717, 1.165) is 0 Å². The molecule has 3 heterocycles. The molecule has 1 fully saturated rings. The molecule has 17 heteroatoms. The second kappa shape index (κ2) is 15.2. The summed E-state index contributed by atoms with van der Waals surface area (Å²) in [5.74, 6) is 0.230. The van der Waals surface area contributed by atoms with Crippen molar-refractivity contribution in [2.45, 2.75) is 37.6 Å². The number of methoxy groups -OCH3 is 1. The molecule has 0 aromatic heterocycles. The first-order valence-electron chi connectivity index (χ1n) is 15.3. The van der Waals surface area contributed by atoms with Gasteiger partial charge >= 0.3 is 24.1 Å². The number of anilines is 2. The van der Waals surface area contributed by atoms with E-state index in [2.05, 4.69) is 10.6 Å². The fourth-order valence-corrected chi connectivity index (χ4v) is 5.26. The first-order valence-corrected chi connectivity index (χ1v) is 15.3. The van der Waals surface area contributed by atoms with Gasteiger partial charge in [0.05, 0.1) is 24.3 Å². The number of esters is 2. The average molecular weight is 697 g/mol. The number of carbonyl (C=O) groups is 4. The van der Waals surface area contributed by atoms with E-state index < -0.39 is 61.4 Å². The van der Waals surface area contributed by atoms with E-state index in [9.17, 15) is 24.3 Å². The largest absolute Gasteiger partial charge is 0.462 e. The summed E-state index contributed by atoms with van der Waals surface area (Å²) in [5.41, 5.74) is 0.751. The summed E-state index contributed by atoms with van der Waals surface area (Å²) in [5, 5.41) is 15.4. The van der Waals surface area contributed by atoms with E-state index in [-0.39, 0.29) is 42.7 Å². The Morgan fingerprint density at radius 2 is 1.22 bits per heavy atom. The molecule has 264 valence electrons. The molecule has 3 aromatic carbocycles. The van der Waals surface area contributed by atoms with Crippen LogP contribution in [0.25, 0.3) is 0 Å². The van der Waals surface area contributed by atoms with Gasteiger partial charge in [-0.15, -0.1) is 0 Å². The molecule has 0 unspecified atom stereocenters. The number of amides is 2. The van der Waals surface area contributed by atoms with Gasteiger partial charge in [-0.25, -0.2) is 19.2 Å². The normalized spacial score (nSPS) is 21.5. The second-order valence-corrected chi connectivity index (χ2v) is 10.8. The summed E-state index contributed by atoms with van der Waals surface area (Å²) in [7, 11) is 1.24. The molecule has 0 bridgehead atoms. The molecule has 1 saturated heterocycles. The minimum atomic E-state index is -1.61. The van der Waals surface area contributed by atoms with Gasteiger partial charge in [0, 0.05) is 30.6 Å². The van der Waals surface area contributed by atoms with Crippen molar-refractivity contribution < 1.29 is 71.7 Å². The van der Waals surface area contributed by atoms with Crippen LogP contribution in [-0.4, -0.2) is 93.8 Å². The third-order valence-electron chi connectivity index (χ3n) is 7.60. The fraction of sp³-hybridized carbons (Fsp3) is 0.333.